The second-order valence-electron chi connectivity index (χ2n) is 5.28. The van der Waals surface area contributed by atoms with E-state index in [4.69, 9.17) is 9.47 Å². The van der Waals surface area contributed by atoms with Crippen LogP contribution in [0.3, 0.4) is 0 Å². The maximum absolute atomic E-state index is 12.7. The molecule has 0 saturated carbocycles. The number of fused-ring (bicyclic) bond motifs is 1. The van der Waals surface area contributed by atoms with Crippen molar-refractivity contribution in [3.05, 3.63) is 29.6 Å². The normalized spacial score (nSPS) is 13.9. The van der Waals surface area contributed by atoms with Crippen LogP contribution in [0, 0.1) is 13.8 Å². The average molecular weight is 337 g/mol. The minimum atomic E-state index is -3.72. The van der Waals surface area contributed by atoms with E-state index in [0.29, 0.717) is 48.3 Å². The first-order chi connectivity index (χ1) is 10.9. The summed E-state index contributed by atoms with van der Waals surface area (Å²) in [5.41, 5.74) is 1.53. The molecule has 7 nitrogen and oxygen atoms in total. The number of aromatic nitrogens is 2. The second-order valence-corrected chi connectivity index (χ2v) is 6.90. The number of ether oxygens (including phenoxy) is 2. The van der Waals surface area contributed by atoms with Gasteiger partial charge in [0.05, 0.1) is 17.1 Å². The molecule has 3 rings (SSSR count). The number of hydrogen-bond donors (Lipinski definition) is 1. The van der Waals surface area contributed by atoms with Crippen LogP contribution in [0.25, 0.3) is 0 Å². The average Bonchev–Trinajstić information content (AvgIpc) is 2.81. The molecule has 0 amide bonds. The van der Waals surface area contributed by atoms with Crippen LogP contribution in [-0.2, 0) is 16.6 Å². The molecule has 1 aliphatic heterocycles. The minimum Gasteiger partial charge on any atom is -0.486 e. The Labute approximate surface area is 135 Å². The molecule has 0 bridgehead atoms. The fraction of sp³-hybridized carbons (Fsp3) is 0.400. The van der Waals surface area contributed by atoms with E-state index in [1.54, 1.807) is 36.7 Å². The van der Waals surface area contributed by atoms with E-state index in [1.165, 1.54) is 0 Å². The summed E-state index contributed by atoms with van der Waals surface area (Å²) in [4.78, 5) is 0.217. The van der Waals surface area contributed by atoms with Gasteiger partial charge in [-0.3, -0.25) is 9.40 Å². The first kappa shape index (κ1) is 15.7. The van der Waals surface area contributed by atoms with Crippen LogP contribution in [0.1, 0.15) is 18.3 Å². The SMILES string of the molecule is CCn1nc(C)c(S(=O)(=O)Nc2ccc3c(c2)OCCO3)c1C. The number of rotatable bonds is 4. The zero-order chi connectivity index (χ0) is 16.6. The predicted octanol–water partition coefficient (Wildman–Crippen LogP) is 2.09. The number of benzene rings is 1. The third-order valence-electron chi connectivity index (χ3n) is 3.68. The zero-order valence-corrected chi connectivity index (χ0v) is 14.1. The van der Waals surface area contributed by atoms with Crippen molar-refractivity contribution < 1.29 is 17.9 Å². The summed E-state index contributed by atoms with van der Waals surface area (Å²) >= 11 is 0. The Morgan fingerprint density at radius 2 is 1.91 bits per heavy atom. The molecule has 1 aliphatic rings. The molecule has 8 heteroatoms. The van der Waals surface area contributed by atoms with Gasteiger partial charge in [0.25, 0.3) is 10.0 Å². The third kappa shape index (κ3) is 2.86. The molecule has 1 aromatic heterocycles. The smallest absolute Gasteiger partial charge is 0.265 e. The third-order valence-corrected chi connectivity index (χ3v) is 5.31. The molecule has 0 atom stereocenters. The molecule has 0 saturated heterocycles. The van der Waals surface area contributed by atoms with Gasteiger partial charge in [-0.25, -0.2) is 8.42 Å². The highest BCUT2D eigenvalue weighted by Crippen LogP contribution is 2.33. The van der Waals surface area contributed by atoms with Crippen molar-refractivity contribution in [2.24, 2.45) is 0 Å². The Hall–Kier alpha value is -2.22. The van der Waals surface area contributed by atoms with Gasteiger partial charge in [0, 0.05) is 12.6 Å². The molecular formula is C15H19N3O4S. The van der Waals surface area contributed by atoms with Crippen LogP contribution in [0.15, 0.2) is 23.1 Å². The van der Waals surface area contributed by atoms with Gasteiger partial charge in [-0.1, -0.05) is 0 Å². The maximum atomic E-state index is 12.7. The summed E-state index contributed by atoms with van der Waals surface area (Å²) in [6, 6.07) is 4.97. The Morgan fingerprint density at radius 3 is 2.57 bits per heavy atom. The van der Waals surface area contributed by atoms with E-state index in [0.717, 1.165) is 0 Å². The number of nitrogens with zero attached hydrogens (tertiary/aromatic N) is 2. The quantitative estimate of drug-likeness (QED) is 0.924. The molecule has 0 fully saturated rings. The maximum Gasteiger partial charge on any atom is 0.265 e. The lowest BCUT2D eigenvalue weighted by Gasteiger charge is -2.19. The molecule has 0 radical (unpaired) electrons. The van der Waals surface area contributed by atoms with Crippen molar-refractivity contribution >= 4 is 15.7 Å². The Balaban J connectivity index is 1.94. The fourth-order valence-electron chi connectivity index (χ4n) is 2.69. The molecular weight excluding hydrogens is 318 g/mol. The molecule has 1 aromatic carbocycles. The van der Waals surface area contributed by atoms with Crippen molar-refractivity contribution in [2.45, 2.75) is 32.2 Å². The number of nitrogens with one attached hydrogen (secondary N) is 1. The summed E-state index contributed by atoms with van der Waals surface area (Å²) < 4.78 is 40.6. The number of anilines is 1. The van der Waals surface area contributed by atoms with Gasteiger partial charge in [-0.05, 0) is 32.9 Å². The van der Waals surface area contributed by atoms with E-state index in [2.05, 4.69) is 9.82 Å². The largest absolute Gasteiger partial charge is 0.486 e. The van der Waals surface area contributed by atoms with E-state index >= 15 is 0 Å². The summed E-state index contributed by atoms with van der Waals surface area (Å²) in [6.45, 7) is 6.92. The zero-order valence-electron chi connectivity index (χ0n) is 13.3. The minimum absolute atomic E-state index is 0.217. The van der Waals surface area contributed by atoms with Crippen LogP contribution >= 0.6 is 0 Å². The van der Waals surface area contributed by atoms with Crippen LogP contribution in [0.4, 0.5) is 5.69 Å². The molecule has 0 unspecified atom stereocenters. The Morgan fingerprint density at radius 1 is 1.22 bits per heavy atom. The molecule has 2 heterocycles. The monoisotopic (exact) mass is 337 g/mol. The molecule has 1 N–H and O–H groups in total. The first-order valence-corrected chi connectivity index (χ1v) is 8.87. The van der Waals surface area contributed by atoms with Gasteiger partial charge in [-0.2, -0.15) is 5.10 Å². The van der Waals surface area contributed by atoms with Crippen molar-refractivity contribution in [3.8, 4) is 11.5 Å². The van der Waals surface area contributed by atoms with Gasteiger partial charge < -0.3 is 9.47 Å². The topological polar surface area (TPSA) is 82.5 Å². The molecule has 2 aromatic rings. The van der Waals surface area contributed by atoms with E-state index in [9.17, 15) is 8.42 Å². The first-order valence-electron chi connectivity index (χ1n) is 7.39. The summed E-state index contributed by atoms with van der Waals surface area (Å²) in [5.74, 6) is 1.15. The Bertz CT molecular complexity index is 843. The van der Waals surface area contributed by atoms with Crippen LogP contribution in [-0.4, -0.2) is 31.4 Å². The van der Waals surface area contributed by atoms with Gasteiger partial charge in [0.15, 0.2) is 11.5 Å². The highest BCUT2D eigenvalue weighted by atomic mass is 32.2. The number of sulfonamides is 1. The standard InChI is InChI=1S/C15H19N3O4S/c1-4-18-11(3)15(10(2)16-18)23(19,20)17-12-5-6-13-14(9-12)22-8-7-21-13/h5-6,9,17H,4,7-8H2,1-3H3. The van der Waals surface area contributed by atoms with Crippen molar-refractivity contribution in [3.63, 3.8) is 0 Å². The second kappa shape index (κ2) is 5.77. The van der Waals surface area contributed by atoms with Crippen molar-refractivity contribution in [1.82, 2.24) is 9.78 Å². The van der Waals surface area contributed by atoms with Crippen LogP contribution in [0.5, 0.6) is 11.5 Å². The predicted molar refractivity (Wildman–Crippen MR) is 85.6 cm³/mol. The highest BCUT2D eigenvalue weighted by Gasteiger charge is 2.25. The van der Waals surface area contributed by atoms with Gasteiger partial charge in [0.1, 0.15) is 18.1 Å². The van der Waals surface area contributed by atoms with Gasteiger partial charge >= 0.3 is 0 Å². The number of aryl methyl sites for hydroxylation is 2. The summed E-state index contributed by atoms with van der Waals surface area (Å²) in [7, 11) is -3.72. The molecule has 0 aliphatic carbocycles. The lowest BCUT2D eigenvalue weighted by molar-refractivity contribution is 0.171. The molecule has 124 valence electrons. The molecule has 0 spiro atoms. The lowest BCUT2D eigenvalue weighted by Crippen LogP contribution is -2.17. The van der Waals surface area contributed by atoms with E-state index in [-0.39, 0.29) is 4.90 Å². The van der Waals surface area contributed by atoms with E-state index < -0.39 is 10.0 Å². The van der Waals surface area contributed by atoms with Crippen molar-refractivity contribution in [1.29, 1.82) is 0 Å². The fourth-order valence-corrected chi connectivity index (χ4v) is 4.15. The van der Waals surface area contributed by atoms with Gasteiger partial charge in [0.2, 0.25) is 0 Å². The van der Waals surface area contributed by atoms with E-state index in [1.807, 2.05) is 6.92 Å². The Kier molecular flexibility index (Phi) is 3.93. The highest BCUT2D eigenvalue weighted by molar-refractivity contribution is 7.92. The van der Waals surface area contributed by atoms with Crippen molar-refractivity contribution in [2.75, 3.05) is 17.9 Å². The number of hydrogen-bond acceptors (Lipinski definition) is 5. The summed E-state index contributed by atoms with van der Waals surface area (Å²) in [5, 5.41) is 4.26. The van der Waals surface area contributed by atoms with Crippen LogP contribution < -0.4 is 14.2 Å². The lowest BCUT2D eigenvalue weighted by atomic mass is 10.3. The van der Waals surface area contributed by atoms with Gasteiger partial charge in [-0.15, -0.1) is 0 Å². The molecule has 23 heavy (non-hydrogen) atoms. The van der Waals surface area contributed by atoms with Crippen LogP contribution in [0.2, 0.25) is 0 Å². The summed E-state index contributed by atoms with van der Waals surface area (Å²) in [6.07, 6.45) is 0.